The second-order valence-corrected chi connectivity index (χ2v) is 6.92. The predicted molar refractivity (Wildman–Crippen MR) is 107 cm³/mol. The highest BCUT2D eigenvalue weighted by Gasteiger charge is 2.22. The number of rotatable bonds is 4. The van der Waals surface area contributed by atoms with Crippen LogP contribution in [0.1, 0.15) is 12.8 Å². The van der Waals surface area contributed by atoms with Crippen molar-refractivity contribution in [3.63, 3.8) is 0 Å². The van der Waals surface area contributed by atoms with Gasteiger partial charge in [-0.15, -0.1) is 0 Å². The molecular weight excluding hydrogens is 324 g/mol. The molecule has 1 aliphatic rings. The number of hydrogen-bond donors (Lipinski definition) is 1. The Morgan fingerprint density at radius 3 is 2.81 bits per heavy atom. The summed E-state index contributed by atoms with van der Waals surface area (Å²) in [7, 11) is 3.90. The summed E-state index contributed by atoms with van der Waals surface area (Å²) in [6.45, 7) is 1.95. The minimum absolute atomic E-state index is 0.342. The van der Waals surface area contributed by atoms with E-state index in [4.69, 9.17) is 0 Å². The lowest BCUT2D eigenvalue weighted by molar-refractivity contribution is 0.526. The van der Waals surface area contributed by atoms with E-state index in [0.29, 0.717) is 6.04 Å². The first-order chi connectivity index (χ1) is 12.7. The van der Waals surface area contributed by atoms with E-state index in [9.17, 15) is 0 Å². The van der Waals surface area contributed by atoms with Crippen molar-refractivity contribution in [3.05, 3.63) is 48.8 Å². The van der Waals surface area contributed by atoms with Crippen LogP contribution < -0.4 is 15.1 Å². The summed E-state index contributed by atoms with van der Waals surface area (Å²) >= 11 is 0. The molecule has 1 atom stereocenters. The largest absolute Gasteiger partial charge is 0.365 e. The SMILES string of the molecule is CN(C)c1nccc(NC2CCCN(c3nccc4ccccc34)C2)n1. The lowest BCUT2D eigenvalue weighted by Gasteiger charge is -2.34. The third-order valence-electron chi connectivity index (χ3n) is 4.77. The molecule has 1 saturated heterocycles. The number of nitrogens with zero attached hydrogens (tertiary/aromatic N) is 5. The first-order valence-corrected chi connectivity index (χ1v) is 9.06. The molecule has 134 valence electrons. The number of hydrogen-bond acceptors (Lipinski definition) is 6. The fourth-order valence-corrected chi connectivity index (χ4v) is 3.50. The fraction of sp³-hybridized carbons (Fsp3) is 0.350. The van der Waals surface area contributed by atoms with Crippen molar-refractivity contribution < 1.29 is 0 Å². The van der Waals surface area contributed by atoms with Crippen molar-refractivity contribution in [2.75, 3.05) is 42.3 Å². The van der Waals surface area contributed by atoms with Crippen LogP contribution in [0.15, 0.2) is 48.8 Å². The Balaban J connectivity index is 1.53. The topological polar surface area (TPSA) is 57.2 Å². The summed E-state index contributed by atoms with van der Waals surface area (Å²) in [5.41, 5.74) is 0. The Morgan fingerprint density at radius 2 is 1.92 bits per heavy atom. The summed E-state index contributed by atoms with van der Waals surface area (Å²) in [4.78, 5) is 17.8. The molecule has 0 radical (unpaired) electrons. The van der Waals surface area contributed by atoms with Gasteiger partial charge in [0.05, 0.1) is 0 Å². The Kier molecular flexibility index (Phi) is 4.56. The van der Waals surface area contributed by atoms with E-state index in [1.807, 2.05) is 31.3 Å². The Bertz CT molecular complexity index is 889. The zero-order valence-electron chi connectivity index (χ0n) is 15.3. The van der Waals surface area contributed by atoms with Crippen LogP contribution in [0.5, 0.6) is 0 Å². The van der Waals surface area contributed by atoms with Crippen molar-refractivity contribution in [2.24, 2.45) is 0 Å². The molecule has 0 amide bonds. The number of pyridine rings is 1. The molecule has 0 spiro atoms. The van der Waals surface area contributed by atoms with Gasteiger partial charge in [0.25, 0.3) is 0 Å². The van der Waals surface area contributed by atoms with Gasteiger partial charge >= 0.3 is 0 Å². The molecule has 1 aromatic carbocycles. The highest BCUT2D eigenvalue weighted by molar-refractivity contribution is 5.92. The number of anilines is 3. The van der Waals surface area contributed by atoms with E-state index in [1.165, 1.54) is 10.8 Å². The van der Waals surface area contributed by atoms with E-state index in [1.54, 1.807) is 6.20 Å². The van der Waals surface area contributed by atoms with E-state index in [-0.39, 0.29) is 0 Å². The smallest absolute Gasteiger partial charge is 0.226 e. The minimum Gasteiger partial charge on any atom is -0.365 e. The molecular formula is C20H24N6. The maximum absolute atomic E-state index is 4.68. The highest BCUT2D eigenvalue weighted by Crippen LogP contribution is 2.27. The van der Waals surface area contributed by atoms with Crippen LogP contribution >= 0.6 is 0 Å². The van der Waals surface area contributed by atoms with Crippen LogP contribution in [0, 0.1) is 0 Å². The normalized spacial score (nSPS) is 17.3. The van der Waals surface area contributed by atoms with Crippen LogP contribution in [-0.2, 0) is 0 Å². The van der Waals surface area contributed by atoms with Crippen LogP contribution in [0.25, 0.3) is 10.8 Å². The Hall–Kier alpha value is -2.89. The van der Waals surface area contributed by atoms with E-state index >= 15 is 0 Å². The maximum atomic E-state index is 4.68. The molecule has 2 aromatic heterocycles. The summed E-state index contributed by atoms with van der Waals surface area (Å²) in [6, 6.07) is 12.8. The van der Waals surface area contributed by atoms with Crippen molar-refractivity contribution in [2.45, 2.75) is 18.9 Å². The van der Waals surface area contributed by atoms with Crippen LogP contribution in [0.3, 0.4) is 0 Å². The van der Waals surface area contributed by atoms with E-state index < -0.39 is 0 Å². The summed E-state index contributed by atoms with van der Waals surface area (Å²) in [6.07, 6.45) is 5.97. The van der Waals surface area contributed by atoms with Crippen LogP contribution in [0.2, 0.25) is 0 Å². The zero-order valence-corrected chi connectivity index (χ0v) is 15.3. The number of nitrogens with one attached hydrogen (secondary N) is 1. The second kappa shape index (κ2) is 7.15. The molecule has 6 heteroatoms. The number of fused-ring (bicyclic) bond motifs is 1. The Morgan fingerprint density at radius 1 is 1.08 bits per heavy atom. The number of aromatic nitrogens is 3. The predicted octanol–water partition coefficient (Wildman–Crippen LogP) is 3.17. The van der Waals surface area contributed by atoms with Crippen LogP contribution in [-0.4, -0.2) is 48.2 Å². The molecule has 1 aliphatic heterocycles. The van der Waals surface area contributed by atoms with Gasteiger partial charge in [-0.05, 0) is 30.4 Å². The van der Waals surface area contributed by atoms with Crippen molar-refractivity contribution in [3.8, 4) is 0 Å². The first kappa shape index (κ1) is 16.6. The lowest BCUT2D eigenvalue weighted by Crippen LogP contribution is -2.42. The number of benzene rings is 1. The average molecular weight is 348 g/mol. The van der Waals surface area contributed by atoms with E-state index in [2.05, 4.69) is 55.5 Å². The van der Waals surface area contributed by atoms with Gasteiger partial charge in [0.2, 0.25) is 5.95 Å². The lowest BCUT2D eigenvalue weighted by atomic mass is 10.0. The molecule has 26 heavy (non-hydrogen) atoms. The molecule has 1 unspecified atom stereocenters. The van der Waals surface area contributed by atoms with Crippen molar-refractivity contribution in [1.82, 2.24) is 15.0 Å². The minimum atomic E-state index is 0.342. The van der Waals surface area contributed by atoms with Gasteiger partial charge in [-0.25, -0.2) is 9.97 Å². The Labute approximate surface area is 153 Å². The number of piperidine rings is 1. The summed E-state index contributed by atoms with van der Waals surface area (Å²) in [5, 5.41) is 6.03. The molecule has 0 aliphatic carbocycles. The monoisotopic (exact) mass is 348 g/mol. The van der Waals surface area contributed by atoms with E-state index in [0.717, 1.165) is 43.5 Å². The summed E-state index contributed by atoms with van der Waals surface area (Å²) in [5.74, 6) is 2.67. The van der Waals surface area contributed by atoms with Gasteiger partial charge in [0.1, 0.15) is 11.6 Å². The standard InChI is InChI=1S/C20H24N6/c1-25(2)20-22-12-10-18(24-20)23-16-7-5-13-26(14-16)19-17-8-4-3-6-15(17)9-11-21-19/h3-4,6,8-12,16H,5,7,13-14H2,1-2H3,(H,22,23,24). The van der Waals surface area contributed by atoms with Gasteiger partial charge in [-0.1, -0.05) is 24.3 Å². The van der Waals surface area contributed by atoms with Gasteiger partial charge in [0.15, 0.2) is 0 Å². The fourth-order valence-electron chi connectivity index (χ4n) is 3.50. The van der Waals surface area contributed by atoms with Gasteiger partial charge in [-0.2, -0.15) is 4.98 Å². The maximum Gasteiger partial charge on any atom is 0.226 e. The molecule has 0 saturated carbocycles. The average Bonchev–Trinajstić information content (AvgIpc) is 2.68. The molecule has 6 nitrogen and oxygen atoms in total. The van der Waals surface area contributed by atoms with Gasteiger partial charge in [0, 0.05) is 51.0 Å². The molecule has 3 aromatic rings. The summed E-state index contributed by atoms with van der Waals surface area (Å²) < 4.78 is 0. The quantitative estimate of drug-likeness (QED) is 0.781. The highest BCUT2D eigenvalue weighted by atomic mass is 15.2. The van der Waals surface area contributed by atoms with Crippen molar-refractivity contribution >= 4 is 28.4 Å². The molecule has 4 rings (SSSR count). The molecule has 1 fully saturated rings. The van der Waals surface area contributed by atoms with Crippen LogP contribution in [0.4, 0.5) is 17.6 Å². The molecule has 3 heterocycles. The van der Waals surface area contributed by atoms with Gasteiger partial charge < -0.3 is 15.1 Å². The first-order valence-electron chi connectivity index (χ1n) is 9.06. The van der Waals surface area contributed by atoms with Gasteiger partial charge in [-0.3, -0.25) is 0 Å². The third kappa shape index (κ3) is 3.40. The third-order valence-corrected chi connectivity index (χ3v) is 4.77. The second-order valence-electron chi connectivity index (χ2n) is 6.92. The van der Waals surface area contributed by atoms with Crippen molar-refractivity contribution in [1.29, 1.82) is 0 Å². The molecule has 1 N–H and O–H groups in total. The molecule has 0 bridgehead atoms. The zero-order chi connectivity index (χ0) is 17.9.